The van der Waals surface area contributed by atoms with Crippen molar-refractivity contribution in [2.75, 3.05) is 6.61 Å². The fraction of sp³-hybridized carbons (Fsp3) is 0.514. The van der Waals surface area contributed by atoms with Gasteiger partial charge in [-0.2, -0.15) is 0 Å². The maximum atomic E-state index is 14.4. The van der Waals surface area contributed by atoms with E-state index in [1.54, 1.807) is 32.6 Å². The molecule has 2 fully saturated rings. The molecule has 11 nitrogen and oxygen atoms in total. The van der Waals surface area contributed by atoms with Gasteiger partial charge in [0, 0.05) is 18.9 Å². The van der Waals surface area contributed by atoms with Crippen molar-refractivity contribution in [1.82, 2.24) is 20.9 Å². The molecular weight excluding hydrogens is 588 g/mol. The van der Waals surface area contributed by atoms with E-state index in [4.69, 9.17) is 9.47 Å². The predicted octanol–water partition coefficient (Wildman–Crippen LogP) is 4.01. The van der Waals surface area contributed by atoms with E-state index in [1.165, 1.54) is 6.92 Å². The number of hydrogen-bond acceptors (Lipinski definition) is 7. The highest BCUT2D eigenvalue weighted by Gasteiger charge is 2.48. The van der Waals surface area contributed by atoms with Gasteiger partial charge in [-0.15, -0.1) is 0 Å². The summed E-state index contributed by atoms with van der Waals surface area (Å²) < 4.78 is 10.6. The average molecular weight is 635 g/mol. The molecule has 0 saturated carbocycles. The maximum Gasteiger partial charge on any atom is 0.408 e. The molecule has 0 unspecified atom stereocenters. The molecule has 2 aliphatic rings. The number of alkyl carbamates (subject to hydrolysis) is 1. The summed E-state index contributed by atoms with van der Waals surface area (Å²) in [5.74, 6) is -2.27. The number of amides is 4. The van der Waals surface area contributed by atoms with Gasteiger partial charge in [0.05, 0.1) is 12.6 Å². The summed E-state index contributed by atoms with van der Waals surface area (Å²) in [4.78, 5) is 67.7. The number of rotatable bonds is 10. The Balaban J connectivity index is 1.57. The van der Waals surface area contributed by atoms with Crippen LogP contribution in [0.3, 0.4) is 0 Å². The highest BCUT2D eigenvalue weighted by atomic mass is 16.6. The molecule has 2 aromatic rings. The van der Waals surface area contributed by atoms with Crippen LogP contribution in [0.4, 0.5) is 4.79 Å². The van der Waals surface area contributed by atoms with Gasteiger partial charge in [-0.25, -0.2) is 4.79 Å². The van der Waals surface area contributed by atoms with Gasteiger partial charge >= 0.3 is 12.1 Å². The molecule has 46 heavy (non-hydrogen) atoms. The van der Waals surface area contributed by atoms with Gasteiger partial charge in [-0.1, -0.05) is 67.6 Å². The zero-order valence-corrected chi connectivity index (χ0v) is 27.3. The summed E-state index contributed by atoms with van der Waals surface area (Å²) >= 11 is 0. The van der Waals surface area contributed by atoms with Crippen LogP contribution in [0.2, 0.25) is 0 Å². The SMILES string of the molecule is CC[C@H](NC(=O)OC(C)(C)C)C(=O)N[C@@H]1C(=O)N2[C@@H](CC[C@@H]1COC(C)=O)CC[C@H]2C(=O)NC(c1ccccc1)c1ccccc1. The summed E-state index contributed by atoms with van der Waals surface area (Å²) in [6, 6.07) is 15.9. The van der Waals surface area contributed by atoms with Crippen LogP contribution in [-0.4, -0.2) is 71.1 Å². The topological polar surface area (TPSA) is 143 Å². The van der Waals surface area contributed by atoms with E-state index in [9.17, 15) is 24.0 Å². The van der Waals surface area contributed by atoms with E-state index in [0.717, 1.165) is 11.1 Å². The van der Waals surface area contributed by atoms with Gasteiger partial charge in [0.25, 0.3) is 0 Å². The molecule has 2 aromatic carbocycles. The van der Waals surface area contributed by atoms with Crippen molar-refractivity contribution in [2.24, 2.45) is 5.92 Å². The van der Waals surface area contributed by atoms with Crippen molar-refractivity contribution >= 4 is 29.8 Å². The second-order valence-electron chi connectivity index (χ2n) is 13.0. The van der Waals surface area contributed by atoms with E-state index in [0.29, 0.717) is 25.7 Å². The van der Waals surface area contributed by atoms with Crippen LogP contribution >= 0.6 is 0 Å². The molecule has 248 valence electrons. The molecule has 5 atom stereocenters. The van der Waals surface area contributed by atoms with Crippen LogP contribution in [0.25, 0.3) is 0 Å². The van der Waals surface area contributed by atoms with Crippen molar-refractivity contribution in [3.8, 4) is 0 Å². The lowest BCUT2D eigenvalue weighted by Gasteiger charge is -2.33. The maximum absolute atomic E-state index is 14.4. The Bertz CT molecular complexity index is 1340. The van der Waals surface area contributed by atoms with Crippen molar-refractivity contribution < 1.29 is 33.4 Å². The number of esters is 1. The fourth-order valence-corrected chi connectivity index (χ4v) is 6.22. The number of fused-ring (bicyclic) bond motifs is 1. The summed E-state index contributed by atoms with van der Waals surface area (Å²) in [6.45, 7) is 8.12. The Morgan fingerprint density at radius 3 is 2.02 bits per heavy atom. The first-order chi connectivity index (χ1) is 21.9. The first kappa shape index (κ1) is 34.5. The van der Waals surface area contributed by atoms with Gasteiger partial charge < -0.3 is 30.3 Å². The second-order valence-corrected chi connectivity index (χ2v) is 13.0. The smallest absolute Gasteiger partial charge is 0.408 e. The summed E-state index contributed by atoms with van der Waals surface area (Å²) in [7, 11) is 0. The van der Waals surface area contributed by atoms with Crippen LogP contribution in [-0.2, 0) is 28.7 Å². The number of ether oxygens (including phenoxy) is 2. The molecule has 4 amide bonds. The number of carbonyl (C=O) groups is 5. The largest absolute Gasteiger partial charge is 0.465 e. The quantitative estimate of drug-likeness (QED) is 0.335. The summed E-state index contributed by atoms with van der Waals surface area (Å²) in [6.07, 6.45) is 1.68. The molecule has 4 rings (SSSR count). The lowest BCUT2D eigenvalue weighted by molar-refractivity contribution is -0.147. The molecular formula is C35H46N4O7. The number of carbonyl (C=O) groups excluding carboxylic acids is 5. The third-order valence-corrected chi connectivity index (χ3v) is 8.43. The first-order valence-corrected chi connectivity index (χ1v) is 16.0. The molecule has 2 saturated heterocycles. The Hall–Kier alpha value is -4.41. The van der Waals surface area contributed by atoms with Crippen molar-refractivity contribution in [2.45, 2.75) is 103 Å². The summed E-state index contributed by atoms with van der Waals surface area (Å²) in [5, 5.41) is 8.62. The molecule has 0 aliphatic carbocycles. The van der Waals surface area contributed by atoms with Crippen LogP contribution < -0.4 is 16.0 Å². The van der Waals surface area contributed by atoms with Crippen molar-refractivity contribution in [1.29, 1.82) is 0 Å². The van der Waals surface area contributed by atoms with E-state index >= 15 is 0 Å². The van der Waals surface area contributed by atoms with E-state index < -0.39 is 59.6 Å². The zero-order valence-electron chi connectivity index (χ0n) is 27.3. The summed E-state index contributed by atoms with van der Waals surface area (Å²) in [5.41, 5.74) is 1.06. The van der Waals surface area contributed by atoms with E-state index in [-0.39, 0.29) is 25.0 Å². The number of hydrogen-bond donors (Lipinski definition) is 3. The number of nitrogens with zero attached hydrogens (tertiary/aromatic N) is 1. The number of nitrogens with one attached hydrogen (secondary N) is 3. The normalized spacial score (nSPS) is 21.9. The van der Waals surface area contributed by atoms with Crippen molar-refractivity contribution in [3.63, 3.8) is 0 Å². The van der Waals surface area contributed by atoms with Gasteiger partial charge in [0.2, 0.25) is 17.7 Å². The molecule has 0 bridgehead atoms. The second kappa shape index (κ2) is 15.2. The number of benzene rings is 2. The molecule has 11 heteroatoms. The monoisotopic (exact) mass is 634 g/mol. The molecule has 0 spiro atoms. The minimum atomic E-state index is -1.07. The van der Waals surface area contributed by atoms with Crippen LogP contribution in [0, 0.1) is 5.92 Å². The van der Waals surface area contributed by atoms with E-state index in [1.807, 2.05) is 60.7 Å². The Morgan fingerprint density at radius 2 is 1.48 bits per heavy atom. The molecule has 0 radical (unpaired) electrons. The standard InChI is InChI=1S/C35H46N4O7/c1-6-27(36-34(44)46-35(3,4)5)31(41)38-30-25(21-45-22(2)40)17-18-26-19-20-28(39(26)33(30)43)32(42)37-29(23-13-9-7-10-14-23)24-15-11-8-12-16-24/h7-16,25-30H,6,17-21H2,1-5H3,(H,36,44)(H,37,42)(H,38,41)/t25-,26+,27+,28+,30+/m1/s1. The first-order valence-electron chi connectivity index (χ1n) is 16.0. The molecule has 0 aromatic heterocycles. The highest BCUT2D eigenvalue weighted by molar-refractivity contribution is 5.95. The van der Waals surface area contributed by atoms with Gasteiger partial charge in [-0.3, -0.25) is 19.2 Å². The highest BCUT2D eigenvalue weighted by Crippen LogP contribution is 2.35. The van der Waals surface area contributed by atoms with E-state index in [2.05, 4.69) is 16.0 Å². The van der Waals surface area contributed by atoms with Gasteiger partial charge in [0.1, 0.15) is 23.7 Å². The minimum absolute atomic E-state index is 0.0657. The van der Waals surface area contributed by atoms with Gasteiger partial charge in [0.15, 0.2) is 0 Å². The third kappa shape index (κ3) is 8.86. The zero-order chi connectivity index (χ0) is 33.4. The molecule has 2 aliphatic heterocycles. The lowest BCUT2D eigenvalue weighted by Crippen LogP contribution is -2.59. The average Bonchev–Trinajstić information content (AvgIpc) is 3.40. The van der Waals surface area contributed by atoms with Crippen LogP contribution in [0.1, 0.15) is 83.9 Å². The van der Waals surface area contributed by atoms with Crippen LogP contribution in [0.5, 0.6) is 0 Å². The lowest BCUT2D eigenvalue weighted by atomic mass is 9.93. The molecule has 2 heterocycles. The fourth-order valence-electron chi connectivity index (χ4n) is 6.22. The molecule has 3 N–H and O–H groups in total. The Labute approximate surface area is 270 Å². The minimum Gasteiger partial charge on any atom is -0.465 e. The van der Waals surface area contributed by atoms with Crippen LogP contribution in [0.15, 0.2) is 60.7 Å². The predicted molar refractivity (Wildman–Crippen MR) is 171 cm³/mol. The van der Waals surface area contributed by atoms with Gasteiger partial charge in [-0.05, 0) is 64.0 Å². The Kier molecular flexibility index (Phi) is 11.4. The Morgan fingerprint density at radius 1 is 0.891 bits per heavy atom. The third-order valence-electron chi connectivity index (χ3n) is 8.43. The van der Waals surface area contributed by atoms with Crippen molar-refractivity contribution in [3.05, 3.63) is 71.8 Å².